The molecular formula is C22H19ClN4O2. The van der Waals surface area contributed by atoms with E-state index in [9.17, 15) is 9.90 Å². The van der Waals surface area contributed by atoms with Crippen LogP contribution in [0.25, 0.3) is 22.0 Å². The molecule has 0 radical (unpaired) electrons. The van der Waals surface area contributed by atoms with Crippen LogP contribution >= 0.6 is 11.6 Å². The Balaban J connectivity index is 1.62. The molecule has 29 heavy (non-hydrogen) atoms. The second-order valence-corrected chi connectivity index (χ2v) is 7.88. The fourth-order valence-corrected chi connectivity index (χ4v) is 4.23. The van der Waals surface area contributed by atoms with Crippen LogP contribution in [0.1, 0.15) is 22.0 Å². The Kier molecular flexibility index (Phi) is 4.01. The van der Waals surface area contributed by atoms with Gasteiger partial charge < -0.3 is 15.0 Å². The molecule has 7 heteroatoms. The normalized spacial score (nSPS) is 18.7. The van der Waals surface area contributed by atoms with Crippen LogP contribution in [0.5, 0.6) is 0 Å². The number of nitrogens with one attached hydrogen (secondary N) is 1. The van der Waals surface area contributed by atoms with Crippen molar-refractivity contribution in [1.82, 2.24) is 14.3 Å². The number of hydrogen-bond acceptors (Lipinski definition) is 4. The lowest BCUT2D eigenvalue weighted by molar-refractivity contribution is 0.0721. The van der Waals surface area contributed by atoms with Gasteiger partial charge in [0.2, 0.25) is 0 Å². The van der Waals surface area contributed by atoms with Crippen molar-refractivity contribution < 1.29 is 9.90 Å². The molecule has 5 rings (SSSR count). The fourth-order valence-electron chi connectivity index (χ4n) is 3.96. The number of aryl methyl sites for hydroxylation is 2. The number of nitrogens with zero attached hydrogens (tertiary/aromatic N) is 3. The van der Waals surface area contributed by atoms with Gasteiger partial charge in [0.15, 0.2) is 18.1 Å². The molecule has 0 saturated carbocycles. The second kappa shape index (κ2) is 6.47. The van der Waals surface area contributed by atoms with Crippen LogP contribution < -0.4 is 5.32 Å². The van der Waals surface area contributed by atoms with Crippen molar-refractivity contribution in [3.63, 3.8) is 0 Å². The van der Waals surface area contributed by atoms with E-state index in [0.29, 0.717) is 16.3 Å². The molecule has 4 aromatic rings. The Bertz CT molecular complexity index is 1270. The molecule has 2 unspecified atom stereocenters. The summed E-state index contributed by atoms with van der Waals surface area (Å²) in [6.07, 6.45) is 4.34. The number of ketones is 1. The first kappa shape index (κ1) is 18.0. The molecule has 0 amide bonds. The third-order valence-corrected chi connectivity index (χ3v) is 5.77. The van der Waals surface area contributed by atoms with Gasteiger partial charge in [-0.3, -0.25) is 9.48 Å². The lowest BCUT2D eigenvalue weighted by atomic mass is 9.92. The molecule has 6 nitrogen and oxygen atoms in total. The summed E-state index contributed by atoms with van der Waals surface area (Å²) in [5, 5.41) is 19.3. The van der Waals surface area contributed by atoms with Gasteiger partial charge >= 0.3 is 0 Å². The van der Waals surface area contributed by atoms with Crippen molar-refractivity contribution in [2.75, 3.05) is 5.32 Å². The number of aromatic nitrogens is 3. The standard InChI is InChI=1S/C22H19ClN4O2/c1-12-10-24-27(11-12)20-21(28)16-8-15(17(23)9-18(16)25-22(20)29)13-3-4-19-14(7-13)5-6-26(19)2/h3-11,20,22,25,29H,1-2H3. The first-order chi connectivity index (χ1) is 13.9. The number of aliphatic hydroxyl groups excluding tert-OH is 1. The molecular weight excluding hydrogens is 388 g/mol. The summed E-state index contributed by atoms with van der Waals surface area (Å²) >= 11 is 6.55. The number of halogens is 1. The predicted octanol–water partition coefficient (Wildman–Crippen LogP) is 4.17. The maximum Gasteiger partial charge on any atom is 0.194 e. The van der Waals surface area contributed by atoms with E-state index in [1.807, 2.05) is 38.4 Å². The highest BCUT2D eigenvalue weighted by atomic mass is 35.5. The van der Waals surface area contributed by atoms with Crippen molar-refractivity contribution in [3.05, 3.63) is 71.1 Å². The molecule has 0 bridgehead atoms. The van der Waals surface area contributed by atoms with E-state index in [4.69, 9.17) is 11.6 Å². The third-order valence-electron chi connectivity index (χ3n) is 5.46. The summed E-state index contributed by atoms with van der Waals surface area (Å²) in [6, 6.07) is 10.8. The first-order valence-corrected chi connectivity index (χ1v) is 9.69. The molecule has 0 spiro atoms. The van der Waals surface area contributed by atoms with Gasteiger partial charge in [0.25, 0.3) is 0 Å². The third kappa shape index (κ3) is 2.84. The minimum Gasteiger partial charge on any atom is -0.371 e. The Morgan fingerprint density at radius 3 is 2.76 bits per heavy atom. The Morgan fingerprint density at radius 2 is 2.00 bits per heavy atom. The average Bonchev–Trinajstić information content (AvgIpc) is 3.27. The zero-order valence-corrected chi connectivity index (χ0v) is 16.7. The highest BCUT2D eigenvalue weighted by molar-refractivity contribution is 6.34. The second-order valence-electron chi connectivity index (χ2n) is 7.47. The molecule has 2 N–H and O–H groups in total. The van der Waals surface area contributed by atoms with E-state index in [2.05, 4.69) is 21.0 Å². The van der Waals surface area contributed by atoms with Gasteiger partial charge in [-0.25, -0.2) is 0 Å². The molecule has 2 atom stereocenters. The van der Waals surface area contributed by atoms with Crippen molar-refractivity contribution in [1.29, 1.82) is 0 Å². The van der Waals surface area contributed by atoms with Crippen LogP contribution in [0.15, 0.2) is 55.0 Å². The number of anilines is 1. The van der Waals surface area contributed by atoms with Crippen LogP contribution in [0.4, 0.5) is 5.69 Å². The summed E-state index contributed by atoms with van der Waals surface area (Å²) < 4.78 is 3.56. The molecule has 2 aromatic heterocycles. The van der Waals surface area contributed by atoms with E-state index >= 15 is 0 Å². The minimum absolute atomic E-state index is 0.201. The van der Waals surface area contributed by atoms with Crippen molar-refractivity contribution >= 4 is 34.0 Å². The van der Waals surface area contributed by atoms with Gasteiger partial charge in [0.05, 0.1) is 11.2 Å². The monoisotopic (exact) mass is 406 g/mol. The quantitative estimate of drug-likeness (QED) is 0.524. The molecule has 146 valence electrons. The van der Waals surface area contributed by atoms with Gasteiger partial charge in [-0.1, -0.05) is 17.7 Å². The molecule has 1 aliphatic rings. The maximum atomic E-state index is 13.2. The van der Waals surface area contributed by atoms with Gasteiger partial charge in [-0.05, 0) is 48.4 Å². The Morgan fingerprint density at radius 1 is 1.17 bits per heavy atom. The summed E-state index contributed by atoms with van der Waals surface area (Å²) in [5.41, 5.74) is 4.76. The average molecular weight is 407 g/mol. The lowest BCUT2D eigenvalue weighted by Gasteiger charge is -2.30. The zero-order chi connectivity index (χ0) is 20.3. The Labute approximate surface area is 172 Å². The van der Waals surface area contributed by atoms with Crippen molar-refractivity contribution in [2.45, 2.75) is 19.2 Å². The van der Waals surface area contributed by atoms with Gasteiger partial charge in [0.1, 0.15) is 0 Å². The summed E-state index contributed by atoms with van der Waals surface area (Å²) in [4.78, 5) is 13.2. The zero-order valence-electron chi connectivity index (χ0n) is 15.9. The number of carbonyl (C=O) groups excluding carboxylic acids is 1. The molecule has 0 aliphatic carbocycles. The highest BCUT2D eigenvalue weighted by Gasteiger charge is 2.37. The number of hydrogen-bond donors (Lipinski definition) is 2. The van der Waals surface area contributed by atoms with Crippen molar-refractivity contribution in [2.24, 2.45) is 7.05 Å². The number of aliphatic hydroxyl groups is 1. The number of fused-ring (bicyclic) bond motifs is 2. The summed E-state index contributed by atoms with van der Waals surface area (Å²) in [6.45, 7) is 1.89. The minimum atomic E-state index is -1.09. The number of benzene rings is 2. The van der Waals surface area contributed by atoms with Crippen LogP contribution in [0, 0.1) is 6.92 Å². The fraction of sp³-hybridized carbons (Fsp3) is 0.182. The van der Waals surface area contributed by atoms with E-state index in [-0.39, 0.29) is 5.78 Å². The van der Waals surface area contributed by atoms with E-state index in [1.54, 1.807) is 24.5 Å². The largest absolute Gasteiger partial charge is 0.371 e. The van der Waals surface area contributed by atoms with Gasteiger partial charge in [-0.2, -0.15) is 5.10 Å². The highest BCUT2D eigenvalue weighted by Crippen LogP contribution is 2.39. The first-order valence-electron chi connectivity index (χ1n) is 9.31. The van der Waals surface area contributed by atoms with Crippen LogP contribution in [0.3, 0.4) is 0 Å². The molecule has 0 saturated heterocycles. The SMILES string of the molecule is Cc1cnn(C2C(=O)c3cc(-c4ccc5c(ccn5C)c4)c(Cl)cc3NC2O)c1. The molecule has 0 fully saturated rings. The number of carbonyl (C=O) groups is 1. The van der Waals surface area contributed by atoms with Crippen molar-refractivity contribution in [3.8, 4) is 11.1 Å². The predicted molar refractivity (Wildman–Crippen MR) is 113 cm³/mol. The van der Waals surface area contributed by atoms with E-state index in [1.165, 1.54) is 4.68 Å². The summed E-state index contributed by atoms with van der Waals surface area (Å²) in [5.74, 6) is -0.201. The van der Waals surface area contributed by atoms with Gasteiger partial charge in [-0.15, -0.1) is 0 Å². The smallest absolute Gasteiger partial charge is 0.194 e. The number of Topliss-reactive ketones (excluding diaryl/α,β-unsaturated/α-hetero) is 1. The van der Waals surface area contributed by atoms with Crippen LogP contribution in [-0.2, 0) is 7.05 Å². The van der Waals surface area contributed by atoms with E-state index in [0.717, 1.165) is 27.6 Å². The lowest BCUT2D eigenvalue weighted by Crippen LogP contribution is -2.41. The maximum absolute atomic E-state index is 13.2. The molecule has 3 heterocycles. The topological polar surface area (TPSA) is 72.1 Å². The van der Waals surface area contributed by atoms with E-state index < -0.39 is 12.3 Å². The van der Waals surface area contributed by atoms with Crippen LogP contribution in [-0.4, -0.2) is 31.5 Å². The molecule has 1 aliphatic heterocycles. The molecule has 2 aromatic carbocycles. The van der Waals surface area contributed by atoms with Crippen LogP contribution in [0.2, 0.25) is 5.02 Å². The summed E-state index contributed by atoms with van der Waals surface area (Å²) in [7, 11) is 2.00. The number of rotatable bonds is 2. The Hall–Kier alpha value is -3.09. The van der Waals surface area contributed by atoms with Gasteiger partial charge in [0, 0.05) is 47.2 Å².